The molecular weight excluding hydrogens is 266 g/mol. The van der Waals surface area contributed by atoms with Gasteiger partial charge in [0.15, 0.2) is 0 Å². The number of amides is 1. The molecule has 1 atom stereocenters. The van der Waals surface area contributed by atoms with Gasteiger partial charge in [-0.15, -0.1) is 0 Å². The number of carboxylic acids is 1. The number of likely N-dealkylation sites (tertiary alicyclic amines) is 1. The summed E-state index contributed by atoms with van der Waals surface area (Å²) in [5.74, 6) is -1.41. The molecule has 0 aliphatic carbocycles. The number of carbonyl (C=O) groups excluding carboxylic acids is 1. The number of nitrogens with one attached hydrogen (secondary N) is 1. The zero-order valence-electron chi connectivity index (χ0n) is 11.0. The summed E-state index contributed by atoms with van der Waals surface area (Å²) in [5.41, 5.74) is 1.26. The molecule has 1 aliphatic rings. The maximum atomic E-state index is 12.5. The van der Waals surface area contributed by atoms with Crippen LogP contribution < -0.4 is 5.32 Å². The molecule has 2 heterocycles. The summed E-state index contributed by atoms with van der Waals surface area (Å²) in [4.78, 5) is 25.2. The Morgan fingerprint density at radius 2 is 2.26 bits per heavy atom. The smallest absolute Gasteiger partial charge is 0.308 e. The molecule has 1 aromatic heterocycles. The maximum Gasteiger partial charge on any atom is 0.308 e. The molecule has 19 heavy (non-hydrogen) atoms. The minimum Gasteiger partial charge on any atom is -0.481 e. The van der Waals surface area contributed by atoms with Gasteiger partial charge in [-0.3, -0.25) is 9.59 Å². The molecule has 2 rings (SSSR count). The van der Waals surface area contributed by atoms with Crippen molar-refractivity contribution < 1.29 is 14.7 Å². The molecule has 2 N–H and O–H groups in total. The van der Waals surface area contributed by atoms with Crippen LogP contribution >= 0.6 is 11.5 Å². The molecule has 7 heteroatoms. The van der Waals surface area contributed by atoms with E-state index in [0.29, 0.717) is 24.2 Å². The number of aromatic nitrogens is 1. The Balaban J connectivity index is 2.19. The minimum absolute atomic E-state index is 0.124. The van der Waals surface area contributed by atoms with E-state index in [1.807, 2.05) is 0 Å². The number of carbonyl (C=O) groups is 2. The van der Waals surface area contributed by atoms with Crippen molar-refractivity contribution in [2.24, 2.45) is 5.92 Å². The first-order chi connectivity index (χ1) is 9.04. The molecule has 0 aromatic carbocycles. The lowest BCUT2D eigenvalue weighted by atomic mass is 9.97. The van der Waals surface area contributed by atoms with Gasteiger partial charge in [-0.2, -0.15) is 4.37 Å². The third-order valence-corrected chi connectivity index (χ3v) is 4.32. The van der Waals surface area contributed by atoms with Crippen LogP contribution in [0.15, 0.2) is 0 Å². The van der Waals surface area contributed by atoms with Gasteiger partial charge in [-0.05, 0) is 31.3 Å². The largest absolute Gasteiger partial charge is 0.481 e. The second-order valence-corrected chi connectivity index (χ2v) is 5.42. The topological polar surface area (TPSA) is 82.5 Å². The molecular formula is C12H17N3O3S. The average Bonchev–Trinajstić information content (AvgIpc) is 2.79. The van der Waals surface area contributed by atoms with E-state index in [1.54, 1.807) is 18.9 Å². The summed E-state index contributed by atoms with van der Waals surface area (Å²) >= 11 is 1.25. The zero-order chi connectivity index (χ0) is 14.0. The van der Waals surface area contributed by atoms with Crippen LogP contribution in [0, 0.1) is 12.8 Å². The van der Waals surface area contributed by atoms with Crippen LogP contribution in [0.3, 0.4) is 0 Å². The number of anilines is 1. The highest BCUT2D eigenvalue weighted by Gasteiger charge is 2.31. The number of hydrogen-bond acceptors (Lipinski definition) is 5. The number of rotatable bonds is 3. The zero-order valence-corrected chi connectivity index (χ0v) is 11.8. The predicted molar refractivity (Wildman–Crippen MR) is 72.7 cm³/mol. The molecule has 6 nitrogen and oxygen atoms in total. The minimum atomic E-state index is -0.827. The summed E-state index contributed by atoms with van der Waals surface area (Å²) in [7, 11) is 1.75. The number of hydrogen-bond donors (Lipinski definition) is 2. The summed E-state index contributed by atoms with van der Waals surface area (Å²) in [6.45, 7) is 2.69. The maximum absolute atomic E-state index is 12.5. The molecule has 1 amide bonds. The van der Waals surface area contributed by atoms with Crippen LogP contribution in [0.5, 0.6) is 0 Å². The Morgan fingerprint density at radius 3 is 2.89 bits per heavy atom. The lowest BCUT2D eigenvalue weighted by Gasteiger charge is -2.30. The van der Waals surface area contributed by atoms with Crippen molar-refractivity contribution in [2.75, 3.05) is 25.5 Å². The fourth-order valence-corrected chi connectivity index (χ4v) is 3.05. The molecule has 0 saturated carbocycles. The highest BCUT2D eigenvalue weighted by molar-refractivity contribution is 7.10. The van der Waals surface area contributed by atoms with Gasteiger partial charge in [0.05, 0.1) is 17.2 Å². The molecule has 104 valence electrons. The van der Waals surface area contributed by atoms with Crippen LogP contribution in [0.4, 0.5) is 5.00 Å². The summed E-state index contributed by atoms with van der Waals surface area (Å²) in [6.07, 6.45) is 1.37. The van der Waals surface area contributed by atoms with Gasteiger partial charge in [0.2, 0.25) is 0 Å². The fourth-order valence-electron chi connectivity index (χ4n) is 2.31. The van der Waals surface area contributed by atoms with E-state index in [9.17, 15) is 9.59 Å². The second kappa shape index (κ2) is 5.56. The van der Waals surface area contributed by atoms with Crippen molar-refractivity contribution in [1.29, 1.82) is 0 Å². The summed E-state index contributed by atoms with van der Waals surface area (Å²) < 4.78 is 4.17. The number of carboxylic acid groups (broad SMARTS) is 1. The van der Waals surface area contributed by atoms with Crippen LogP contribution in [0.2, 0.25) is 0 Å². The third kappa shape index (κ3) is 2.70. The van der Waals surface area contributed by atoms with E-state index in [0.717, 1.165) is 11.4 Å². The van der Waals surface area contributed by atoms with Gasteiger partial charge in [-0.1, -0.05) is 0 Å². The van der Waals surface area contributed by atoms with Gasteiger partial charge in [0.25, 0.3) is 5.91 Å². The van der Waals surface area contributed by atoms with Gasteiger partial charge >= 0.3 is 5.97 Å². The first kappa shape index (κ1) is 13.8. The quantitative estimate of drug-likeness (QED) is 0.877. The lowest BCUT2D eigenvalue weighted by Crippen LogP contribution is -2.42. The van der Waals surface area contributed by atoms with Crippen LogP contribution in [-0.2, 0) is 4.79 Å². The fraction of sp³-hybridized carbons (Fsp3) is 0.583. The van der Waals surface area contributed by atoms with Crippen molar-refractivity contribution in [3.8, 4) is 0 Å². The Bertz CT molecular complexity index is 500. The number of piperidine rings is 1. The summed E-state index contributed by atoms with van der Waals surface area (Å²) in [6, 6.07) is 0. The standard InChI is InChI=1S/C12H17N3O3S/c1-7-9(10(13-2)19-14-7)11(16)15-5-3-4-8(6-15)12(17)18/h8,13H,3-6H2,1-2H3,(H,17,18). The molecule has 1 fully saturated rings. The van der Waals surface area contributed by atoms with E-state index in [1.165, 1.54) is 11.5 Å². The Labute approximate surface area is 115 Å². The van der Waals surface area contributed by atoms with Gasteiger partial charge in [-0.25, -0.2) is 0 Å². The molecule has 1 aliphatic heterocycles. The van der Waals surface area contributed by atoms with Gasteiger partial charge in [0.1, 0.15) is 5.00 Å². The van der Waals surface area contributed by atoms with E-state index in [2.05, 4.69) is 9.69 Å². The molecule has 1 saturated heterocycles. The van der Waals surface area contributed by atoms with Crippen molar-refractivity contribution >= 4 is 28.4 Å². The molecule has 0 bridgehead atoms. The average molecular weight is 283 g/mol. The van der Waals surface area contributed by atoms with Crippen LogP contribution in [0.1, 0.15) is 28.9 Å². The molecule has 0 spiro atoms. The first-order valence-corrected chi connectivity index (χ1v) is 6.98. The highest BCUT2D eigenvalue weighted by Crippen LogP contribution is 2.27. The molecule has 1 unspecified atom stereocenters. The van der Waals surface area contributed by atoms with Crippen molar-refractivity contribution in [1.82, 2.24) is 9.27 Å². The Morgan fingerprint density at radius 1 is 1.53 bits per heavy atom. The Kier molecular flexibility index (Phi) is 4.04. The SMILES string of the molecule is CNc1snc(C)c1C(=O)N1CCCC(C(=O)O)C1. The Hall–Kier alpha value is -1.63. The first-order valence-electron chi connectivity index (χ1n) is 6.20. The van der Waals surface area contributed by atoms with E-state index < -0.39 is 11.9 Å². The lowest BCUT2D eigenvalue weighted by molar-refractivity contribution is -0.143. The van der Waals surface area contributed by atoms with Crippen LogP contribution in [-0.4, -0.2) is 46.4 Å². The van der Waals surface area contributed by atoms with Crippen LogP contribution in [0.25, 0.3) is 0 Å². The molecule has 0 radical (unpaired) electrons. The monoisotopic (exact) mass is 283 g/mol. The normalized spacial score (nSPS) is 19.3. The van der Waals surface area contributed by atoms with Gasteiger partial charge in [0, 0.05) is 20.1 Å². The van der Waals surface area contributed by atoms with E-state index >= 15 is 0 Å². The van der Waals surface area contributed by atoms with E-state index in [4.69, 9.17) is 5.11 Å². The predicted octanol–water partition coefficient (Wildman–Crippen LogP) is 1.43. The molecule has 1 aromatic rings. The van der Waals surface area contributed by atoms with Crippen molar-refractivity contribution in [3.05, 3.63) is 11.3 Å². The van der Waals surface area contributed by atoms with Crippen molar-refractivity contribution in [3.63, 3.8) is 0 Å². The number of aryl methyl sites for hydroxylation is 1. The third-order valence-electron chi connectivity index (χ3n) is 3.36. The highest BCUT2D eigenvalue weighted by atomic mass is 32.1. The summed E-state index contributed by atoms with van der Waals surface area (Å²) in [5, 5.41) is 12.8. The number of nitrogens with zero attached hydrogens (tertiary/aromatic N) is 2. The number of aliphatic carboxylic acids is 1. The van der Waals surface area contributed by atoms with Crippen molar-refractivity contribution in [2.45, 2.75) is 19.8 Å². The van der Waals surface area contributed by atoms with Gasteiger partial charge < -0.3 is 15.3 Å². The van der Waals surface area contributed by atoms with E-state index in [-0.39, 0.29) is 12.5 Å². The second-order valence-electron chi connectivity index (χ2n) is 4.65.